The summed E-state index contributed by atoms with van der Waals surface area (Å²) >= 11 is 3.06. The lowest BCUT2D eigenvalue weighted by Crippen LogP contribution is -2.19. The maximum Gasteiger partial charge on any atom is 0.217 e. The zero-order chi connectivity index (χ0) is 8.27. The van der Waals surface area contributed by atoms with E-state index in [9.17, 15) is 4.79 Å². The van der Waals surface area contributed by atoms with Gasteiger partial charge < -0.3 is 5.73 Å². The number of hydrogen-bond acceptors (Lipinski definition) is 4. The highest BCUT2D eigenvalue weighted by atomic mass is 79.9. The molecule has 1 heterocycles. The Morgan fingerprint density at radius 3 is 3.00 bits per heavy atom. The second kappa shape index (κ2) is 3.59. The number of nitrogens with zero attached hydrogens (tertiary/aromatic N) is 3. The summed E-state index contributed by atoms with van der Waals surface area (Å²) < 4.78 is 1.90. The van der Waals surface area contributed by atoms with Crippen LogP contribution in [-0.4, -0.2) is 27.1 Å². The molecule has 0 radical (unpaired) electrons. The molecule has 1 rings (SSSR count). The highest BCUT2D eigenvalue weighted by molar-refractivity contribution is 9.10. The Labute approximate surface area is 71.7 Å². The van der Waals surface area contributed by atoms with Crippen molar-refractivity contribution in [3.63, 3.8) is 0 Å². The summed E-state index contributed by atoms with van der Waals surface area (Å²) in [4.78, 5) is 14.5. The third kappa shape index (κ3) is 2.39. The van der Waals surface area contributed by atoms with Crippen LogP contribution in [0.2, 0.25) is 0 Å². The van der Waals surface area contributed by atoms with Gasteiger partial charge in [0.2, 0.25) is 4.73 Å². The minimum atomic E-state index is -0.0672. The highest BCUT2D eigenvalue weighted by Crippen LogP contribution is 1.97. The van der Waals surface area contributed by atoms with Gasteiger partial charge in [0.1, 0.15) is 12.9 Å². The standard InChI is InChI=1S/C5H7BrN4O/c6-5-8-3-10(9-5)2-4(11)1-7/h3H,1-2,7H2. The lowest BCUT2D eigenvalue weighted by Gasteiger charge is -1.94. The summed E-state index contributed by atoms with van der Waals surface area (Å²) in [6.45, 7) is 0.229. The van der Waals surface area contributed by atoms with E-state index < -0.39 is 0 Å². The van der Waals surface area contributed by atoms with Crippen molar-refractivity contribution in [2.45, 2.75) is 6.54 Å². The lowest BCUT2D eigenvalue weighted by atomic mass is 10.4. The summed E-state index contributed by atoms with van der Waals surface area (Å²) in [7, 11) is 0. The Hall–Kier alpha value is -0.750. The zero-order valence-electron chi connectivity index (χ0n) is 5.70. The van der Waals surface area contributed by atoms with Gasteiger partial charge in [0.15, 0.2) is 5.78 Å². The molecule has 0 atom stereocenters. The van der Waals surface area contributed by atoms with Crippen molar-refractivity contribution in [3.05, 3.63) is 11.1 Å². The summed E-state index contributed by atoms with van der Waals surface area (Å²) in [5, 5.41) is 3.84. The minimum Gasteiger partial charge on any atom is -0.324 e. The van der Waals surface area contributed by atoms with Gasteiger partial charge in [-0.1, -0.05) is 0 Å². The lowest BCUT2D eigenvalue weighted by molar-refractivity contribution is -0.118. The average molecular weight is 219 g/mol. The molecule has 11 heavy (non-hydrogen) atoms. The van der Waals surface area contributed by atoms with Crippen LogP contribution >= 0.6 is 15.9 Å². The molecular formula is C5H7BrN4O. The molecule has 0 bridgehead atoms. The summed E-state index contributed by atoms with van der Waals surface area (Å²) in [6, 6.07) is 0. The van der Waals surface area contributed by atoms with E-state index in [1.165, 1.54) is 11.0 Å². The third-order valence-corrected chi connectivity index (χ3v) is 1.44. The van der Waals surface area contributed by atoms with Gasteiger partial charge in [-0.25, -0.2) is 9.67 Å². The number of carbonyl (C=O) groups excluding carboxylic acids is 1. The van der Waals surface area contributed by atoms with Gasteiger partial charge in [-0.3, -0.25) is 4.79 Å². The molecule has 1 aromatic heterocycles. The summed E-state index contributed by atoms with van der Waals surface area (Å²) in [6.07, 6.45) is 1.47. The van der Waals surface area contributed by atoms with Crippen LogP contribution in [0.1, 0.15) is 0 Å². The Balaban J connectivity index is 2.57. The predicted octanol–water partition coefficient (Wildman–Crippen LogP) is -0.432. The Morgan fingerprint density at radius 2 is 2.55 bits per heavy atom. The van der Waals surface area contributed by atoms with Crippen molar-refractivity contribution >= 4 is 21.7 Å². The smallest absolute Gasteiger partial charge is 0.217 e. The van der Waals surface area contributed by atoms with Crippen LogP contribution in [0.4, 0.5) is 0 Å². The predicted molar refractivity (Wildman–Crippen MR) is 41.8 cm³/mol. The van der Waals surface area contributed by atoms with Gasteiger partial charge in [-0.05, 0) is 15.9 Å². The molecule has 0 aromatic carbocycles. The molecule has 5 nitrogen and oxygen atoms in total. The molecule has 0 aliphatic rings. The third-order valence-electron chi connectivity index (χ3n) is 1.07. The number of hydrogen-bond donors (Lipinski definition) is 1. The fraction of sp³-hybridized carbons (Fsp3) is 0.400. The molecule has 2 N–H and O–H groups in total. The van der Waals surface area contributed by atoms with Crippen LogP contribution in [0.3, 0.4) is 0 Å². The van der Waals surface area contributed by atoms with Crippen LogP contribution in [0.25, 0.3) is 0 Å². The van der Waals surface area contributed by atoms with E-state index in [1.54, 1.807) is 0 Å². The van der Waals surface area contributed by atoms with E-state index >= 15 is 0 Å². The number of halogens is 1. The molecule has 0 unspecified atom stereocenters. The van der Waals surface area contributed by atoms with Gasteiger partial charge in [0.25, 0.3) is 0 Å². The van der Waals surface area contributed by atoms with Crippen LogP contribution in [-0.2, 0) is 11.3 Å². The highest BCUT2D eigenvalue weighted by Gasteiger charge is 2.01. The monoisotopic (exact) mass is 218 g/mol. The zero-order valence-corrected chi connectivity index (χ0v) is 7.28. The van der Waals surface area contributed by atoms with Crippen molar-refractivity contribution in [1.82, 2.24) is 14.8 Å². The van der Waals surface area contributed by atoms with Crippen molar-refractivity contribution in [1.29, 1.82) is 0 Å². The van der Waals surface area contributed by atoms with Crippen LogP contribution in [0, 0.1) is 0 Å². The SMILES string of the molecule is NCC(=O)Cn1cnc(Br)n1. The fourth-order valence-corrected chi connectivity index (χ4v) is 0.889. The number of nitrogens with two attached hydrogens (primary N) is 1. The molecule has 0 saturated heterocycles. The molecule has 0 aliphatic carbocycles. The molecular weight excluding hydrogens is 212 g/mol. The van der Waals surface area contributed by atoms with Gasteiger partial charge >= 0.3 is 0 Å². The molecule has 0 amide bonds. The summed E-state index contributed by atoms with van der Waals surface area (Å²) in [5.74, 6) is -0.0672. The van der Waals surface area contributed by atoms with Gasteiger partial charge in [0, 0.05) is 0 Å². The number of ketones is 1. The average Bonchev–Trinajstić information content (AvgIpc) is 2.35. The molecule has 0 spiro atoms. The quantitative estimate of drug-likeness (QED) is 0.748. The summed E-state index contributed by atoms with van der Waals surface area (Å²) in [5.41, 5.74) is 5.10. The van der Waals surface area contributed by atoms with E-state index in [-0.39, 0.29) is 18.9 Å². The molecule has 0 saturated carbocycles. The van der Waals surface area contributed by atoms with Crippen molar-refractivity contribution in [2.24, 2.45) is 5.73 Å². The minimum absolute atomic E-state index is 0.0392. The van der Waals surface area contributed by atoms with E-state index in [2.05, 4.69) is 26.0 Å². The number of rotatable bonds is 3. The molecule has 1 aromatic rings. The molecule has 60 valence electrons. The fourth-order valence-electron chi connectivity index (χ4n) is 0.593. The van der Waals surface area contributed by atoms with E-state index in [4.69, 9.17) is 5.73 Å². The van der Waals surface area contributed by atoms with Crippen LogP contribution in [0.15, 0.2) is 11.1 Å². The van der Waals surface area contributed by atoms with Crippen molar-refractivity contribution in [2.75, 3.05) is 6.54 Å². The van der Waals surface area contributed by atoms with E-state index in [1.807, 2.05) is 0 Å². The van der Waals surface area contributed by atoms with E-state index in [0.29, 0.717) is 4.73 Å². The van der Waals surface area contributed by atoms with Crippen molar-refractivity contribution < 1.29 is 4.79 Å². The first-order valence-corrected chi connectivity index (χ1v) is 3.78. The van der Waals surface area contributed by atoms with Crippen LogP contribution < -0.4 is 5.73 Å². The second-order valence-corrected chi connectivity index (χ2v) is 2.66. The second-order valence-electron chi connectivity index (χ2n) is 1.95. The van der Waals surface area contributed by atoms with E-state index in [0.717, 1.165) is 0 Å². The Bertz CT molecular complexity index is 259. The molecule has 0 fully saturated rings. The van der Waals surface area contributed by atoms with Gasteiger partial charge in [-0.15, -0.1) is 5.10 Å². The maximum atomic E-state index is 10.8. The Morgan fingerprint density at radius 1 is 1.82 bits per heavy atom. The first-order valence-electron chi connectivity index (χ1n) is 2.99. The number of aromatic nitrogens is 3. The Kier molecular flexibility index (Phi) is 2.72. The van der Waals surface area contributed by atoms with Crippen molar-refractivity contribution in [3.8, 4) is 0 Å². The van der Waals surface area contributed by atoms with Gasteiger partial charge in [0.05, 0.1) is 6.54 Å². The van der Waals surface area contributed by atoms with Crippen LogP contribution in [0.5, 0.6) is 0 Å². The van der Waals surface area contributed by atoms with Gasteiger partial charge in [-0.2, -0.15) is 0 Å². The maximum absolute atomic E-state index is 10.8. The first kappa shape index (κ1) is 8.35. The number of Topliss-reactive ketones (excluding diaryl/α,β-unsaturated/α-hetero) is 1. The molecule has 0 aliphatic heterocycles. The number of carbonyl (C=O) groups is 1. The molecule has 6 heteroatoms. The topological polar surface area (TPSA) is 73.8 Å². The largest absolute Gasteiger partial charge is 0.324 e. The first-order chi connectivity index (χ1) is 5.22. The normalized spacial score (nSPS) is 10.0.